The molecule has 0 aliphatic rings. The quantitative estimate of drug-likeness (QED) is 0.895. The van der Waals surface area contributed by atoms with Gasteiger partial charge in [0, 0.05) is 0 Å². The SMILES string of the molecule is CC([C]=O)(CC(=O)O)c1cccc2ccccc12. The Morgan fingerprint density at radius 3 is 2.56 bits per heavy atom. The summed E-state index contributed by atoms with van der Waals surface area (Å²) < 4.78 is 0. The van der Waals surface area contributed by atoms with Crippen molar-refractivity contribution in [2.45, 2.75) is 18.8 Å². The Labute approximate surface area is 105 Å². The molecule has 0 bridgehead atoms. The van der Waals surface area contributed by atoms with Gasteiger partial charge in [-0.2, -0.15) is 0 Å². The van der Waals surface area contributed by atoms with Gasteiger partial charge in [-0.3, -0.25) is 9.59 Å². The van der Waals surface area contributed by atoms with Gasteiger partial charge in [0.1, 0.15) is 0 Å². The van der Waals surface area contributed by atoms with Gasteiger partial charge in [0.05, 0.1) is 11.8 Å². The average Bonchev–Trinajstić information content (AvgIpc) is 2.37. The van der Waals surface area contributed by atoms with Gasteiger partial charge in [-0.15, -0.1) is 0 Å². The smallest absolute Gasteiger partial charge is 0.304 e. The number of hydrogen-bond acceptors (Lipinski definition) is 2. The van der Waals surface area contributed by atoms with Crippen LogP contribution in [0.5, 0.6) is 0 Å². The van der Waals surface area contributed by atoms with Gasteiger partial charge < -0.3 is 5.11 Å². The van der Waals surface area contributed by atoms with E-state index in [-0.39, 0.29) is 6.42 Å². The molecule has 2 aromatic carbocycles. The van der Waals surface area contributed by atoms with Crippen LogP contribution in [0.1, 0.15) is 18.9 Å². The second-order valence-corrected chi connectivity index (χ2v) is 4.53. The molecular weight excluding hydrogens is 228 g/mol. The summed E-state index contributed by atoms with van der Waals surface area (Å²) in [5.74, 6) is -1.01. The molecule has 0 saturated heterocycles. The van der Waals surface area contributed by atoms with Crippen molar-refractivity contribution in [2.24, 2.45) is 0 Å². The Kier molecular flexibility index (Phi) is 3.15. The first-order valence-electron chi connectivity index (χ1n) is 5.66. The Balaban J connectivity index is 2.65. The van der Waals surface area contributed by atoms with Gasteiger partial charge in [0.25, 0.3) is 0 Å². The number of carbonyl (C=O) groups is 1. The highest BCUT2D eigenvalue weighted by atomic mass is 16.4. The fraction of sp³-hybridized carbons (Fsp3) is 0.200. The third-order valence-electron chi connectivity index (χ3n) is 3.11. The predicted octanol–water partition coefficient (Wildman–Crippen LogP) is 2.68. The van der Waals surface area contributed by atoms with Crippen molar-refractivity contribution in [1.29, 1.82) is 0 Å². The summed E-state index contributed by atoms with van der Waals surface area (Å²) in [5, 5.41) is 10.8. The average molecular weight is 241 g/mol. The number of hydrogen-bond donors (Lipinski definition) is 1. The molecule has 1 atom stereocenters. The number of benzene rings is 2. The zero-order valence-corrected chi connectivity index (χ0v) is 10.0. The van der Waals surface area contributed by atoms with Crippen LogP contribution in [-0.2, 0) is 15.0 Å². The third kappa shape index (κ3) is 2.12. The predicted molar refractivity (Wildman–Crippen MR) is 69.2 cm³/mol. The van der Waals surface area contributed by atoms with Crippen molar-refractivity contribution in [2.75, 3.05) is 0 Å². The van der Waals surface area contributed by atoms with Crippen LogP contribution in [0.2, 0.25) is 0 Å². The minimum absolute atomic E-state index is 0.259. The molecule has 91 valence electrons. The lowest BCUT2D eigenvalue weighted by Gasteiger charge is -2.22. The van der Waals surface area contributed by atoms with Crippen molar-refractivity contribution in [3.8, 4) is 0 Å². The van der Waals surface area contributed by atoms with Crippen molar-refractivity contribution < 1.29 is 14.7 Å². The van der Waals surface area contributed by atoms with Gasteiger partial charge in [-0.05, 0) is 23.3 Å². The van der Waals surface area contributed by atoms with Gasteiger partial charge in [0.15, 0.2) is 0 Å². The number of fused-ring (bicyclic) bond motifs is 1. The summed E-state index contributed by atoms with van der Waals surface area (Å²) >= 11 is 0. The van der Waals surface area contributed by atoms with Crippen LogP contribution in [0.4, 0.5) is 0 Å². The van der Waals surface area contributed by atoms with Crippen molar-refractivity contribution in [1.82, 2.24) is 0 Å². The van der Waals surface area contributed by atoms with Crippen LogP contribution < -0.4 is 0 Å². The summed E-state index contributed by atoms with van der Waals surface area (Å²) in [5.41, 5.74) is -0.412. The molecule has 0 amide bonds. The molecule has 1 unspecified atom stereocenters. The first-order valence-corrected chi connectivity index (χ1v) is 5.66. The maximum Gasteiger partial charge on any atom is 0.304 e. The maximum absolute atomic E-state index is 11.2. The standard InChI is InChI=1S/C15H13O3/c1-15(10-16,9-14(17)18)13-8-4-6-11-5-2-3-7-12(11)13/h2-8H,9H2,1H3,(H,17,18). The zero-order valence-electron chi connectivity index (χ0n) is 10.0. The molecule has 2 aromatic rings. The van der Waals surface area contributed by atoms with E-state index in [0.29, 0.717) is 5.56 Å². The summed E-state index contributed by atoms with van der Waals surface area (Å²) in [6.45, 7) is 1.61. The lowest BCUT2D eigenvalue weighted by atomic mass is 9.78. The fourth-order valence-corrected chi connectivity index (χ4v) is 2.20. The highest BCUT2D eigenvalue weighted by Crippen LogP contribution is 2.31. The first-order chi connectivity index (χ1) is 8.57. The Hall–Kier alpha value is -2.16. The second-order valence-electron chi connectivity index (χ2n) is 4.53. The van der Waals surface area contributed by atoms with E-state index in [4.69, 9.17) is 5.11 Å². The number of carboxylic acids is 1. The molecule has 18 heavy (non-hydrogen) atoms. The number of aliphatic carboxylic acids is 1. The highest BCUT2D eigenvalue weighted by Gasteiger charge is 2.31. The van der Waals surface area contributed by atoms with Crippen LogP contribution >= 0.6 is 0 Å². The molecule has 0 saturated carbocycles. The Morgan fingerprint density at radius 2 is 1.89 bits per heavy atom. The fourth-order valence-electron chi connectivity index (χ4n) is 2.20. The lowest BCUT2D eigenvalue weighted by molar-refractivity contribution is -0.137. The molecule has 3 nitrogen and oxygen atoms in total. The van der Waals surface area contributed by atoms with Gasteiger partial charge in [0.2, 0.25) is 6.29 Å². The normalized spacial score (nSPS) is 14.1. The van der Waals surface area contributed by atoms with Crippen LogP contribution in [0.25, 0.3) is 10.8 Å². The van der Waals surface area contributed by atoms with E-state index in [1.807, 2.05) is 42.7 Å². The number of carboxylic acid groups (broad SMARTS) is 1. The molecule has 1 radical (unpaired) electrons. The van der Waals surface area contributed by atoms with Crippen LogP contribution in [0.15, 0.2) is 42.5 Å². The molecule has 0 aliphatic carbocycles. The first kappa shape index (κ1) is 12.3. The van der Waals surface area contributed by atoms with Gasteiger partial charge >= 0.3 is 5.97 Å². The third-order valence-corrected chi connectivity index (χ3v) is 3.11. The van der Waals surface area contributed by atoms with Crippen molar-refractivity contribution >= 4 is 23.0 Å². The van der Waals surface area contributed by atoms with Crippen LogP contribution in [0, 0.1) is 0 Å². The minimum Gasteiger partial charge on any atom is -0.481 e. The van der Waals surface area contributed by atoms with Crippen molar-refractivity contribution in [3.05, 3.63) is 48.0 Å². The van der Waals surface area contributed by atoms with E-state index in [1.54, 1.807) is 13.0 Å². The molecular formula is C15H13O3. The lowest BCUT2D eigenvalue weighted by Crippen LogP contribution is -2.27. The van der Waals surface area contributed by atoms with E-state index >= 15 is 0 Å². The summed E-state index contributed by atoms with van der Waals surface area (Å²) in [7, 11) is 0. The molecule has 0 aromatic heterocycles. The van der Waals surface area contributed by atoms with Gasteiger partial charge in [-0.1, -0.05) is 42.5 Å². The summed E-state index contributed by atoms with van der Waals surface area (Å²) in [4.78, 5) is 22.1. The van der Waals surface area contributed by atoms with Crippen molar-refractivity contribution in [3.63, 3.8) is 0 Å². The minimum atomic E-state index is -1.12. The molecule has 3 heteroatoms. The van der Waals surface area contributed by atoms with Crippen LogP contribution in [-0.4, -0.2) is 17.4 Å². The number of rotatable bonds is 4. The molecule has 2 rings (SSSR count). The topological polar surface area (TPSA) is 54.4 Å². The zero-order chi connectivity index (χ0) is 13.2. The van der Waals surface area contributed by atoms with E-state index in [1.165, 1.54) is 0 Å². The molecule has 0 heterocycles. The number of carbonyl (C=O) groups excluding carboxylic acids is 1. The summed E-state index contributed by atoms with van der Waals surface area (Å²) in [6.07, 6.45) is 1.63. The Morgan fingerprint density at radius 1 is 1.22 bits per heavy atom. The molecule has 0 fully saturated rings. The molecule has 1 N–H and O–H groups in total. The van der Waals surface area contributed by atoms with E-state index in [2.05, 4.69) is 0 Å². The largest absolute Gasteiger partial charge is 0.481 e. The van der Waals surface area contributed by atoms with E-state index in [0.717, 1.165) is 10.8 Å². The summed E-state index contributed by atoms with van der Waals surface area (Å²) in [6, 6.07) is 13.2. The maximum atomic E-state index is 11.2. The van der Waals surface area contributed by atoms with E-state index in [9.17, 15) is 9.59 Å². The Bertz CT molecular complexity index is 598. The highest BCUT2D eigenvalue weighted by molar-refractivity contribution is 5.91. The molecule has 0 aliphatic heterocycles. The monoisotopic (exact) mass is 241 g/mol. The van der Waals surface area contributed by atoms with Crippen LogP contribution in [0.3, 0.4) is 0 Å². The molecule has 0 spiro atoms. The van der Waals surface area contributed by atoms with Gasteiger partial charge in [-0.25, -0.2) is 0 Å². The second kappa shape index (κ2) is 4.61. The van der Waals surface area contributed by atoms with E-state index < -0.39 is 11.4 Å².